The van der Waals surface area contributed by atoms with Crippen molar-refractivity contribution in [2.45, 2.75) is 49.8 Å². The number of hydrogen-bond acceptors (Lipinski definition) is 6. The molecule has 0 aromatic heterocycles. The van der Waals surface area contributed by atoms with Crippen LogP contribution in [-0.4, -0.2) is 56.4 Å². The number of anilines is 1. The quantitative estimate of drug-likeness (QED) is 0.191. The van der Waals surface area contributed by atoms with Gasteiger partial charge >= 0.3 is 5.97 Å². The molecule has 4 aromatic rings. The molecule has 0 amide bonds. The number of β-amino-alcohol motifs (C(OH)–C–C–N with tert-alkyl or cyclic N) is 1. The van der Waals surface area contributed by atoms with Gasteiger partial charge in [0, 0.05) is 19.1 Å². The molecule has 4 aromatic carbocycles. The third-order valence-corrected chi connectivity index (χ3v) is 9.08. The Morgan fingerprint density at radius 2 is 1.64 bits per heavy atom. The van der Waals surface area contributed by atoms with E-state index in [1.165, 1.54) is 47.6 Å². The number of nitrogens with zero attached hydrogens (tertiary/aromatic N) is 1. The minimum Gasteiger partial charge on any atom is -0.478 e. The van der Waals surface area contributed by atoms with Crippen LogP contribution < -0.4 is 9.62 Å². The van der Waals surface area contributed by atoms with E-state index < -0.39 is 28.2 Å². The van der Waals surface area contributed by atoms with Gasteiger partial charge in [-0.05, 0) is 85.5 Å². The number of aliphatic hydroxyl groups excluding tert-OH is 1. The molecule has 0 saturated carbocycles. The van der Waals surface area contributed by atoms with Crippen molar-refractivity contribution in [2.75, 3.05) is 24.5 Å². The van der Waals surface area contributed by atoms with Crippen LogP contribution in [0.1, 0.15) is 48.4 Å². The van der Waals surface area contributed by atoms with Gasteiger partial charge in [0.05, 0.1) is 35.0 Å². The summed E-state index contributed by atoms with van der Waals surface area (Å²) < 4.78 is 33.4. The molecule has 0 radical (unpaired) electrons. The Hall–Kier alpha value is -3.76. The molecule has 0 heterocycles. The number of sulfonamides is 1. The van der Waals surface area contributed by atoms with Gasteiger partial charge in [-0.15, -0.1) is 0 Å². The zero-order chi connectivity index (χ0) is 30.5. The Bertz CT molecular complexity index is 1640. The molecule has 3 N–H and O–H groups in total. The highest BCUT2D eigenvalue weighted by atomic mass is 32.2. The van der Waals surface area contributed by atoms with Gasteiger partial charge in [0.15, 0.2) is 0 Å². The first-order chi connectivity index (χ1) is 19.9. The predicted octanol–water partition coefficient (Wildman–Crippen LogP) is 5.41. The van der Waals surface area contributed by atoms with Crippen molar-refractivity contribution in [3.63, 3.8) is 0 Å². The molecule has 4 rings (SSSR count). The molecule has 42 heavy (non-hydrogen) atoms. The van der Waals surface area contributed by atoms with Gasteiger partial charge in [0.25, 0.3) is 10.0 Å². The first kappa shape index (κ1) is 31.2. The second-order valence-corrected chi connectivity index (χ2v) is 13.1. The Morgan fingerprint density at radius 3 is 2.33 bits per heavy atom. The number of aromatic carboxylic acids is 1. The monoisotopic (exact) mass is 590 g/mol. The SMILES string of the molecule is CC(OC[C@H](O)CNC(C)(C)Cc1ccc2ccccc2c1)c1cccc(N(C)S(=O)(=O)c2ccc(C(=O)O)cc2)c1. The molecule has 0 saturated heterocycles. The van der Waals surface area contributed by atoms with E-state index in [9.17, 15) is 18.3 Å². The number of carboxylic acid groups (broad SMARTS) is 1. The molecule has 0 fully saturated rings. The Balaban J connectivity index is 1.31. The van der Waals surface area contributed by atoms with Crippen molar-refractivity contribution in [1.82, 2.24) is 5.32 Å². The standard InChI is InChI=1S/C33H38N2O6S/c1-23(27-10-7-11-29(19-27)35(4)42(39,40)31-16-14-26(15-17-31)32(37)38)41-22-30(36)21-34-33(2,3)20-24-12-13-25-8-5-6-9-28(25)18-24/h5-19,23,30,34,36H,20-22H2,1-4H3,(H,37,38)/t23?,30-/m1/s1. The van der Waals surface area contributed by atoms with Crippen LogP contribution in [0, 0.1) is 0 Å². The van der Waals surface area contributed by atoms with Crippen molar-refractivity contribution in [2.24, 2.45) is 0 Å². The van der Waals surface area contributed by atoms with Crippen LogP contribution in [0.25, 0.3) is 10.8 Å². The minimum absolute atomic E-state index is 0.00968. The van der Waals surface area contributed by atoms with Crippen molar-refractivity contribution >= 4 is 32.5 Å². The normalized spacial score (nSPS) is 13.5. The predicted molar refractivity (Wildman–Crippen MR) is 166 cm³/mol. The van der Waals surface area contributed by atoms with E-state index in [2.05, 4.69) is 49.5 Å². The molecule has 0 spiro atoms. The Labute approximate surface area is 247 Å². The minimum atomic E-state index is -3.91. The van der Waals surface area contributed by atoms with E-state index in [-0.39, 0.29) is 22.6 Å². The number of rotatable bonds is 13. The summed E-state index contributed by atoms with van der Waals surface area (Å²) in [4.78, 5) is 11.1. The lowest BCUT2D eigenvalue weighted by molar-refractivity contribution is -0.00415. The molecular formula is C33H38N2O6S. The van der Waals surface area contributed by atoms with Crippen LogP contribution in [0.5, 0.6) is 0 Å². The van der Waals surface area contributed by atoms with E-state index >= 15 is 0 Å². The number of aliphatic hydroxyl groups is 1. The molecule has 0 aliphatic rings. The third-order valence-electron chi connectivity index (χ3n) is 7.28. The van der Waals surface area contributed by atoms with Gasteiger partial charge in [-0.25, -0.2) is 13.2 Å². The summed E-state index contributed by atoms with van der Waals surface area (Å²) in [6.45, 7) is 6.52. The molecule has 8 nitrogen and oxygen atoms in total. The third kappa shape index (κ3) is 7.74. The molecule has 222 valence electrons. The van der Waals surface area contributed by atoms with Gasteiger partial charge < -0.3 is 20.3 Å². The summed E-state index contributed by atoms with van der Waals surface area (Å²) in [5.41, 5.74) is 2.17. The summed E-state index contributed by atoms with van der Waals surface area (Å²) in [6, 6.07) is 26.8. The first-order valence-corrected chi connectivity index (χ1v) is 15.2. The number of benzene rings is 4. The number of nitrogens with one attached hydrogen (secondary N) is 1. The Morgan fingerprint density at radius 1 is 0.952 bits per heavy atom. The molecular weight excluding hydrogens is 552 g/mol. The highest BCUT2D eigenvalue weighted by Crippen LogP contribution is 2.27. The van der Waals surface area contributed by atoms with E-state index in [0.29, 0.717) is 12.2 Å². The molecule has 9 heteroatoms. The zero-order valence-electron chi connectivity index (χ0n) is 24.3. The maximum absolute atomic E-state index is 13.1. The number of hydrogen-bond donors (Lipinski definition) is 3. The van der Waals surface area contributed by atoms with Crippen LogP contribution in [0.2, 0.25) is 0 Å². The average molecular weight is 591 g/mol. The van der Waals surface area contributed by atoms with Crippen LogP contribution >= 0.6 is 0 Å². The summed E-state index contributed by atoms with van der Waals surface area (Å²) in [6.07, 6.45) is -0.325. The summed E-state index contributed by atoms with van der Waals surface area (Å²) >= 11 is 0. The topological polar surface area (TPSA) is 116 Å². The van der Waals surface area contributed by atoms with Gasteiger partial charge in [0.1, 0.15) is 0 Å². The van der Waals surface area contributed by atoms with Crippen LogP contribution in [0.4, 0.5) is 5.69 Å². The smallest absolute Gasteiger partial charge is 0.335 e. The summed E-state index contributed by atoms with van der Waals surface area (Å²) in [5.74, 6) is -1.13. The van der Waals surface area contributed by atoms with E-state index in [1.807, 2.05) is 25.1 Å². The van der Waals surface area contributed by atoms with Crippen molar-refractivity contribution in [3.05, 3.63) is 108 Å². The zero-order valence-corrected chi connectivity index (χ0v) is 25.1. The lowest BCUT2D eigenvalue weighted by Crippen LogP contribution is -2.46. The van der Waals surface area contributed by atoms with Crippen molar-refractivity contribution in [3.8, 4) is 0 Å². The highest BCUT2D eigenvalue weighted by molar-refractivity contribution is 7.92. The first-order valence-electron chi connectivity index (χ1n) is 13.8. The van der Waals surface area contributed by atoms with Crippen molar-refractivity contribution < 1.29 is 28.2 Å². The number of ether oxygens (including phenoxy) is 1. The maximum atomic E-state index is 13.1. The lowest BCUT2D eigenvalue weighted by atomic mass is 9.93. The highest BCUT2D eigenvalue weighted by Gasteiger charge is 2.23. The van der Waals surface area contributed by atoms with Gasteiger partial charge in [0.2, 0.25) is 0 Å². The molecule has 0 aliphatic heterocycles. The lowest BCUT2D eigenvalue weighted by Gasteiger charge is -2.28. The van der Waals surface area contributed by atoms with Crippen LogP contribution in [0.15, 0.2) is 95.9 Å². The van der Waals surface area contributed by atoms with E-state index in [1.54, 1.807) is 18.2 Å². The maximum Gasteiger partial charge on any atom is 0.335 e. The van der Waals surface area contributed by atoms with Crippen molar-refractivity contribution in [1.29, 1.82) is 0 Å². The van der Waals surface area contributed by atoms with E-state index in [0.717, 1.165) is 16.3 Å². The van der Waals surface area contributed by atoms with Crippen LogP contribution in [0.3, 0.4) is 0 Å². The second kappa shape index (κ2) is 13.0. The largest absolute Gasteiger partial charge is 0.478 e. The van der Waals surface area contributed by atoms with E-state index in [4.69, 9.17) is 9.84 Å². The second-order valence-electron chi connectivity index (χ2n) is 11.1. The molecule has 0 bridgehead atoms. The van der Waals surface area contributed by atoms with Gasteiger partial charge in [-0.2, -0.15) is 0 Å². The average Bonchev–Trinajstić information content (AvgIpc) is 2.98. The molecule has 1 unspecified atom stereocenters. The Kier molecular flexibility index (Phi) is 9.68. The van der Waals surface area contributed by atoms with Gasteiger partial charge in [-0.1, -0.05) is 54.6 Å². The summed E-state index contributed by atoms with van der Waals surface area (Å²) in [5, 5.41) is 25.6. The fourth-order valence-electron chi connectivity index (χ4n) is 4.77. The molecule has 2 atom stereocenters. The fourth-order valence-corrected chi connectivity index (χ4v) is 5.95. The summed E-state index contributed by atoms with van der Waals surface area (Å²) in [7, 11) is -2.46. The number of carboxylic acids is 1. The van der Waals surface area contributed by atoms with Crippen LogP contribution in [-0.2, 0) is 21.2 Å². The fraction of sp³-hybridized carbons (Fsp3) is 0.303. The van der Waals surface area contributed by atoms with Gasteiger partial charge in [-0.3, -0.25) is 4.31 Å². The number of carbonyl (C=O) groups is 1. The number of fused-ring (bicyclic) bond motifs is 1. The molecule has 0 aliphatic carbocycles.